The van der Waals surface area contributed by atoms with E-state index in [4.69, 9.17) is 4.65 Å². The third-order valence-corrected chi connectivity index (χ3v) is 1.91. The highest BCUT2D eigenvalue weighted by molar-refractivity contribution is 6.61. The molecule has 0 saturated heterocycles. The van der Waals surface area contributed by atoms with Crippen LogP contribution in [0, 0.1) is 10.1 Å². The van der Waals surface area contributed by atoms with Gasteiger partial charge in [0.05, 0.1) is 6.61 Å². The molecule has 0 aromatic heterocycles. The van der Waals surface area contributed by atoms with Gasteiger partial charge in [-0.1, -0.05) is 24.3 Å². The zero-order valence-corrected chi connectivity index (χ0v) is 6.27. The summed E-state index contributed by atoms with van der Waals surface area (Å²) in [7, 11) is -0.957. The minimum Gasteiger partial charge on any atom is -0.362 e. The van der Waals surface area contributed by atoms with Gasteiger partial charge in [-0.2, -0.15) is 0 Å². The summed E-state index contributed by atoms with van der Waals surface area (Å²) in [4.78, 5) is 10.0. The molecule has 0 unspecified atom stereocenters. The van der Waals surface area contributed by atoms with Gasteiger partial charge in [-0.05, 0) is 10.4 Å². The lowest BCUT2D eigenvalue weighted by atomic mass is 9.75. The highest BCUT2D eigenvalue weighted by Gasteiger charge is 2.44. The second kappa shape index (κ2) is 2.60. The average Bonchev–Trinajstić information content (AvgIpc) is 2.47. The Morgan fingerprint density at radius 1 is 1.50 bits per heavy atom. The lowest BCUT2D eigenvalue weighted by Gasteiger charge is -1.93. The van der Waals surface area contributed by atoms with Crippen LogP contribution in [0.15, 0.2) is 24.3 Å². The van der Waals surface area contributed by atoms with Crippen molar-refractivity contribution in [3.05, 3.63) is 39.9 Å². The van der Waals surface area contributed by atoms with E-state index < -0.39 is 11.9 Å². The third-order valence-electron chi connectivity index (χ3n) is 1.91. The molecule has 1 heterocycles. The molecule has 0 spiro atoms. The molecule has 0 bridgehead atoms. The second-order valence-electron chi connectivity index (χ2n) is 2.65. The van der Waals surface area contributed by atoms with E-state index in [1.165, 1.54) is 0 Å². The van der Waals surface area contributed by atoms with Gasteiger partial charge < -0.3 is 4.65 Å². The van der Waals surface area contributed by atoms with E-state index >= 15 is 0 Å². The summed E-state index contributed by atoms with van der Waals surface area (Å²) in [5.74, 6) is 0. The SMILES string of the molecule is O=[N+]([O-])B1OCc2ccccc21. The summed E-state index contributed by atoms with van der Waals surface area (Å²) in [6.07, 6.45) is 0. The molecule has 60 valence electrons. The molecule has 0 fully saturated rings. The van der Waals surface area contributed by atoms with E-state index in [1.54, 1.807) is 12.1 Å². The minimum atomic E-state index is -0.957. The number of fused-ring (bicyclic) bond motifs is 1. The molecule has 0 amide bonds. The number of benzene rings is 1. The summed E-state index contributed by atoms with van der Waals surface area (Å²) in [6.45, 7) is 0.349. The minimum absolute atomic E-state index is 0.349. The monoisotopic (exact) mass is 163 g/mol. The number of nitro groups is 1. The first kappa shape index (κ1) is 7.30. The molecule has 1 aromatic carbocycles. The summed E-state index contributed by atoms with van der Waals surface area (Å²) >= 11 is 0. The lowest BCUT2D eigenvalue weighted by Crippen LogP contribution is -2.37. The van der Waals surface area contributed by atoms with E-state index in [-0.39, 0.29) is 0 Å². The maximum absolute atomic E-state index is 10.4. The van der Waals surface area contributed by atoms with Gasteiger partial charge >= 0.3 is 7.05 Å². The topological polar surface area (TPSA) is 52.4 Å². The van der Waals surface area contributed by atoms with Crippen LogP contribution in [0.1, 0.15) is 5.56 Å². The molecule has 2 rings (SSSR count). The second-order valence-corrected chi connectivity index (χ2v) is 2.65. The molecule has 5 heteroatoms. The zero-order chi connectivity index (χ0) is 8.55. The van der Waals surface area contributed by atoms with Gasteiger partial charge in [-0.25, -0.2) is 0 Å². The van der Waals surface area contributed by atoms with Crippen LogP contribution >= 0.6 is 0 Å². The van der Waals surface area contributed by atoms with Crippen LogP contribution in [-0.4, -0.2) is 11.9 Å². The largest absolute Gasteiger partial charge is 0.751 e. The van der Waals surface area contributed by atoms with Crippen molar-refractivity contribution in [3.63, 3.8) is 0 Å². The Morgan fingerprint density at radius 2 is 2.25 bits per heavy atom. The van der Waals surface area contributed by atoms with Crippen LogP contribution in [-0.2, 0) is 11.3 Å². The fourth-order valence-electron chi connectivity index (χ4n) is 1.34. The number of nitrogens with zero attached hydrogens (tertiary/aromatic N) is 1. The Bertz CT molecular complexity index is 328. The quantitative estimate of drug-likeness (QED) is 0.337. The van der Waals surface area contributed by atoms with E-state index in [2.05, 4.69) is 0 Å². The fourth-order valence-corrected chi connectivity index (χ4v) is 1.34. The first-order valence-corrected chi connectivity index (χ1v) is 3.62. The molecule has 0 radical (unpaired) electrons. The van der Waals surface area contributed by atoms with E-state index in [0.29, 0.717) is 12.1 Å². The van der Waals surface area contributed by atoms with Gasteiger partial charge in [0.1, 0.15) is 0 Å². The summed E-state index contributed by atoms with van der Waals surface area (Å²) in [6, 6.07) is 7.21. The van der Waals surface area contributed by atoms with E-state index in [9.17, 15) is 10.1 Å². The van der Waals surface area contributed by atoms with Crippen molar-refractivity contribution in [1.82, 2.24) is 0 Å². The summed E-state index contributed by atoms with van der Waals surface area (Å²) < 4.78 is 4.99. The predicted molar refractivity (Wildman–Crippen MR) is 43.6 cm³/mol. The summed E-state index contributed by atoms with van der Waals surface area (Å²) in [5.41, 5.74) is 1.60. The van der Waals surface area contributed by atoms with E-state index in [0.717, 1.165) is 5.56 Å². The molecule has 0 saturated carbocycles. The van der Waals surface area contributed by atoms with Crippen LogP contribution in [0.25, 0.3) is 0 Å². The van der Waals surface area contributed by atoms with Gasteiger partial charge in [0, 0.05) is 5.46 Å². The molecule has 1 aromatic rings. The Labute approximate surface area is 69.4 Å². The van der Waals surface area contributed by atoms with Crippen LogP contribution < -0.4 is 5.46 Å². The predicted octanol–water partition coefficient (Wildman–Crippen LogP) is 0.189. The van der Waals surface area contributed by atoms with Gasteiger partial charge in [-0.3, -0.25) is 10.1 Å². The summed E-state index contributed by atoms with van der Waals surface area (Å²) in [5, 5.41) is 10.4. The highest BCUT2D eigenvalue weighted by Crippen LogP contribution is 2.09. The molecule has 12 heavy (non-hydrogen) atoms. The average molecular weight is 163 g/mol. The van der Waals surface area contributed by atoms with Gasteiger partial charge in [0.2, 0.25) is 0 Å². The van der Waals surface area contributed by atoms with Crippen LogP contribution in [0.4, 0.5) is 0 Å². The van der Waals surface area contributed by atoms with Crippen molar-refractivity contribution in [3.8, 4) is 0 Å². The van der Waals surface area contributed by atoms with Crippen LogP contribution in [0.5, 0.6) is 0 Å². The van der Waals surface area contributed by atoms with Gasteiger partial charge in [0.15, 0.2) is 0 Å². The highest BCUT2D eigenvalue weighted by atomic mass is 16.6. The van der Waals surface area contributed by atoms with Crippen molar-refractivity contribution < 1.29 is 9.49 Å². The van der Waals surface area contributed by atoms with Gasteiger partial charge in [0.25, 0.3) is 0 Å². The number of hydrogen-bond donors (Lipinski definition) is 0. The molecular weight excluding hydrogens is 157 g/mol. The Kier molecular flexibility index (Phi) is 1.58. The lowest BCUT2D eigenvalue weighted by molar-refractivity contribution is -0.346. The van der Waals surface area contributed by atoms with E-state index in [1.807, 2.05) is 12.1 Å². The fraction of sp³-hybridized carbons (Fsp3) is 0.143. The maximum atomic E-state index is 10.4. The van der Waals surface area contributed by atoms with Crippen molar-refractivity contribution in [2.24, 2.45) is 0 Å². The zero-order valence-electron chi connectivity index (χ0n) is 6.27. The first-order valence-electron chi connectivity index (χ1n) is 3.62. The number of rotatable bonds is 1. The Hall–Kier alpha value is -1.36. The molecule has 0 aliphatic carbocycles. The smallest absolute Gasteiger partial charge is 0.362 e. The molecule has 1 aliphatic rings. The molecule has 4 nitrogen and oxygen atoms in total. The maximum Gasteiger partial charge on any atom is 0.751 e. The molecule has 0 atom stereocenters. The molecule has 0 N–H and O–H groups in total. The standard InChI is InChI=1S/C7H6BNO3/c10-9(11)8-7-4-2-1-3-6(7)5-12-8/h1-4H,5H2. The number of hydrogen-bond acceptors (Lipinski definition) is 3. The van der Waals surface area contributed by atoms with Crippen molar-refractivity contribution in [2.75, 3.05) is 0 Å². The van der Waals surface area contributed by atoms with Crippen molar-refractivity contribution in [2.45, 2.75) is 6.61 Å². The van der Waals surface area contributed by atoms with Crippen molar-refractivity contribution in [1.29, 1.82) is 0 Å². The normalized spacial score (nSPS) is 14.5. The molecule has 1 aliphatic heterocycles. The molecular formula is C7H6BNO3. The van der Waals surface area contributed by atoms with Gasteiger partial charge in [-0.15, -0.1) is 0 Å². The Balaban J connectivity index is 2.42. The van der Waals surface area contributed by atoms with Crippen LogP contribution in [0.3, 0.4) is 0 Å². The van der Waals surface area contributed by atoms with Crippen molar-refractivity contribution >= 4 is 12.5 Å². The Morgan fingerprint density at radius 3 is 3.00 bits per heavy atom. The van der Waals surface area contributed by atoms with Crippen LogP contribution in [0.2, 0.25) is 0 Å². The first-order chi connectivity index (χ1) is 5.79. The third kappa shape index (κ3) is 0.985.